The average Bonchev–Trinajstić information content (AvgIpc) is 2.30. The summed E-state index contributed by atoms with van der Waals surface area (Å²) in [4.78, 5) is 18.0. The molecule has 3 rings (SSSR count). The van der Waals surface area contributed by atoms with Crippen molar-refractivity contribution in [3.8, 4) is 0 Å². The van der Waals surface area contributed by atoms with Crippen LogP contribution in [0, 0.1) is 0 Å². The second kappa shape index (κ2) is 3.96. The Morgan fingerprint density at radius 2 is 2.35 bits per heavy atom. The lowest BCUT2D eigenvalue weighted by molar-refractivity contribution is -0.117. The zero-order chi connectivity index (χ0) is 12.0. The molecule has 90 valence electrons. The van der Waals surface area contributed by atoms with Crippen molar-refractivity contribution < 1.29 is 9.00 Å². The van der Waals surface area contributed by atoms with Gasteiger partial charge in [0.25, 0.3) is 0 Å². The number of carbonyl (C=O) groups excluding carboxylic acids is 1. The summed E-state index contributed by atoms with van der Waals surface area (Å²) >= 11 is 5.86. The Hall–Kier alpha value is -1.14. The van der Waals surface area contributed by atoms with Gasteiger partial charge in [0.05, 0.1) is 11.4 Å². The van der Waals surface area contributed by atoms with Gasteiger partial charge in [0.2, 0.25) is 5.91 Å². The molecule has 0 spiro atoms. The smallest absolute Gasteiger partial charge is 0.248 e. The minimum absolute atomic E-state index is 0.116. The molecule has 0 radical (unpaired) electrons. The quantitative estimate of drug-likeness (QED) is 0.703. The van der Waals surface area contributed by atoms with E-state index in [9.17, 15) is 9.00 Å². The summed E-state index contributed by atoms with van der Waals surface area (Å²) in [5.74, 6) is 1.49. The number of nitrogens with one attached hydrogen (secondary N) is 1. The second-order valence-corrected chi connectivity index (χ2v) is 6.02. The summed E-state index contributed by atoms with van der Waals surface area (Å²) in [5, 5.41) is 3.16. The van der Waals surface area contributed by atoms with Crippen LogP contribution in [0.1, 0.15) is 0 Å². The maximum absolute atomic E-state index is 11.9. The van der Waals surface area contributed by atoms with E-state index in [1.54, 1.807) is 12.1 Å². The van der Waals surface area contributed by atoms with Gasteiger partial charge >= 0.3 is 0 Å². The Kier molecular flexibility index (Phi) is 2.56. The standard InChI is InChI=1S/C10H10ClN3O2S/c11-8-2-1-6-9(13-8)14-3-4-17(16)5-7(14)10(15)12-6/h1-2,7H,3-5H2,(H,12,15). The summed E-state index contributed by atoms with van der Waals surface area (Å²) in [5.41, 5.74) is 0.670. The average molecular weight is 272 g/mol. The third-order valence-corrected chi connectivity index (χ3v) is 4.49. The minimum atomic E-state index is -0.925. The molecule has 17 heavy (non-hydrogen) atoms. The summed E-state index contributed by atoms with van der Waals surface area (Å²) < 4.78 is 11.5. The van der Waals surface area contributed by atoms with Gasteiger partial charge in [-0.3, -0.25) is 9.00 Å². The highest BCUT2D eigenvalue weighted by atomic mass is 35.5. The van der Waals surface area contributed by atoms with Crippen LogP contribution in [0.4, 0.5) is 11.5 Å². The van der Waals surface area contributed by atoms with Crippen molar-refractivity contribution in [3.63, 3.8) is 0 Å². The Morgan fingerprint density at radius 3 is 3.18 bits per heavy atom. The van der Waals surface area contributed by atoms with E-state index >= 15 is 0 Å². The van der Waals surface area contributed by atoms with E-state index in [4.69, 9.17) is 11.6 Å². The number of carbonyl (C=O) groups is 1. The predicted octanol–water partition coefficient (Wildman–Crippen LogP) is 0.624. The second-order valence-electron chi connectivity index (χ2n) is 4.01. The van der Waals surface area contributed by atoms with Gasteiger partial charge in [0, 0.05) is 23.1 Å². The van der Waals surface area contributed by atoms with Gasteiger partial charge in [-0.1, -0.05) is 11.6 Å². The van der Waals surface area contributed by atoms with Crippen molar-refractivity contribution in [1.82, 2.24) is 4.98 Å². The van der Waals surface area contributed by atoms with E-state index in [0.29, 0.717) is 34.7 Å². The van der Waals surface area contributed by atoms with Crippen molar-refractivity contribution in [1.29, 1.82) is 0 Å². The third-order valence-electron chi connectivity index (χ3n) is 2.95. The van der Waals surface area contributed by atoms with E-state index in [1.165, 1.54) is 0 Å². The van der Waals surface area contributed by atoms with Crippen LogP contribution in [-0.4, -0.2) is 39.2 Å². The van der Waals surface area contributed by atoms with Crippen LogP contribution in [0.3, 0.4) is 0 Å². The van der Waals surface area contributed by atoms with Crippen LogP contribution >= 0.6 is 11.6 Å². The molecule has 0 saturated carbocycles. The molecule has 2 aliphatic heterocycles. The van der Waals surface area contributed by atoms with Crippen LogP contribution in [0.25, 0.3) is 0 Å². The molecule has 1 aromatic rings. The first-order valence-electron chi connectivity index (χ1n) is 5.24. The Bertz CT molecular complexity index is 522. The highest BCUT2D eigenvalue weighted by Gasteiger charge is 2.37. The van der Waals surface area contributed by atoms with E-state index in [1.807, 2.05) is 4.90 Å². The molecule has 2 unspecified atom stereocenters. The lowest BCUT2D eigenvalue weighted by atomic mass is 10.1. The zero-order valence-corrected chi connectivity index (χ0v) is 10.4. The van der Waals surface area contributed by atoms with Gasteiger partial charge in [0.15, 0.2) is 5.82 Å². The van der Waals surface area contributed by atoms with Crippen molar-refractivity contribution >= 4 is 39.8 Å². The summed E-state index contributed by atoms with van der Waals surface area (Å²) in [7, 11) is -0.925. The number of halogens is 1. The maximum atomic E-state index is 11.9. The summed E-state index contributed by atoms with van der Waals surface area (Å²) in [6, 6.07) is 3.00. The molecule has 1 saturated heterocycles. The Balaban J connectivity index is 2.06. The molecule has 2 atom stereocenters. The number of anilines is 2. The number of aromatic nitrogens is 1. The number of hydrogen-bond donors (Lipinski definition) is 1. The fourth-order valence-electron chi connectivity index (χ4n) is 2.13. The fraction of sp³-hybridized carbons (Fsp3) is 0.400. The molecule has 5 nitrogen and oxygen atoms in total. The lowest BCUT2D eigenvalue weighted by Crippen LogP contribution is -2.55. The number of nitrogens with zero attached hydrogens (tertiary/aromatic N) is 2. The number of hydrogen-bond acceptors (Lipinski definition) is 4. The highest BCUT2D eigenvalue weighted by molar-refractivity contribution is 7.85. The Labute approximate surface area is 106 Å². The van der Waals surface area contributed by atoms with E-state index in [0.717, 1.165) is 0 Å². The number of pyridine rings is 1. The number of fused-ring (bicyclic) bond motifs is 3. The van der Waals surface area contributed by atoms with Gasteiger partial charge in [-0.05, 0) is 12.1 Å². The molecule has 1 aromatic heterocycles. The molecular formula is C10H10ClN3O2S. The van der Waals surface area contributed by atoms with Gasteiger partial charge in [-0.2, -0.15) is 0 Å². The topological polar surface area (TPSA) is 62.3 Å². The van der Waals surface area contributed by atoms with Crippen molar-refractivity contribution in [3.05, 3.63) is 17.3 Å². The fourth-order valence-corrected chi connectivity index (χ4v) is 3.53. The van der Waals surface area contributed by atoms with Crippen LogP contribution in [-0.2, 0) is 15.6 Å². The van der Waals surface area contributed by atoms with Gasteiger partial charge in [-0.15, -0.1) is 0 Å². The first-order valence-corrected chi connectivity index (χ1v) is 7.11. The van der Waals surface area contributed by atoms with Crippen LogP contribution in [0.15, 0.2) is 12.1 Å². The van der Waals surface area contributed by atoms with E-state index < -0.39 is 10.8 Å². The molecular weight excluding hydrogens is 262 g/mol. The van der Waals surface area contributed by atoms with Gasteiger partial charge in [0.1, 0.15) is 11.2 Å². The molecule has 3 heterocycles. The van der Waals surface area contributed by atoms with E-state index in [2.05, 4.69) is 10.3 Å². The molecule has 1 N–H and O–H groups in total. The van der Waals surface area contributed by atoms with Gasteiger partial charge in [-0.25, -0.2) is 4.98 Å². The first-order chi connectivity index (χ1) is 8.15. The first kappa shape index (κ1) is 11.0. The molecule has 0 bridgehead atoms. The predicted molar refractivity (Wildman–Crippen MR) is 66.9 cm³/mol. The largest absolute Gasteiger partial charge is 0.341 e. The van der Waals surface area contributed by atoms with Crippen LogP contribution < -0.4 is 10.2 Å². The SMILES string of the molecule is O=C1Nc2ccc(Cl)nc2N2CCS(=O)CC12. The monoisotopic (exact) mass is 271 g/mol. The Morgan fingerprint density at radius 1 is 1.53 bits per heavy atom. The lowest BCUT2D eigenvalue weighted by Gasteiger charge is -2.39. The van der Waals surface area contributed by atoms with E-state index in [-0.39, 0.29) is 11.9 Å². The minimum Gasteiger partial charge on any atom is -0.341 e. The van der Waals surface area contributed by atoms with Gasteiger partial charge < -0.3 is 10.2 Å². The zero-order valence-electron chi connectivity index (χ0n) is 8.85. The molecule has 0 aliphatic carbocycles. The van der Waals surface area contributed by atoms with Crippen molar-refractivity contribution in [2.75, 3.05) is 28.3 Å². The number of amides is 1. The summed E-state index contributed by atoms with van der Waals surface area (Å²) in [6.45, 7) is 0.574. The van der Waals surface area contributed by atoms with Crippen LogP contribution in [0.2, 0.25) is 5.15 Å². The third kappa shape index (κ3) is 1.81. The number of rotatable bonds is 0. The van der Waals surface area contributed by atoms with Crippen molar-refractivity contribution in [2.45, 2.75) is 6.04 Å². The van der Waals surface area contributed by atoms with Crippen LogP contribution in [0.5, 0.6) is 0 Å². The molecule has 2 aliphatic rings. The highest BCUT2D eigenvalue weighted by Crippen LogP contribution is 2.32. The molecule has 1 fully saturated rings. The van der Waals surface area contributed by atoms with Crippen molar-refractivity contribution in [2.24, 2.45) is 0 Å². The normalized spacial score (nSPS) is 27.1. The summed E-state index contributed by atoms with van der Waals surface area (Å²) in [6.07, 6.45) is 0. The molecule has 7 heteroatoms. The molecule has 0 aromatic carbocycles. The molecule has 1 amide bonds. The maximum Gasteiger partial charge on any atom is 0.248 e.